The lowest BCUT2D eigenvalue weighted by Crippen LogP contribution is -2.49. The summed E-state index contributed by atoms with van der Waals surface area (Å²) in [4.78, 5) is 22.1. The maximum absolute atomic E-state index is 13.7. The Morgan fingerprint density at radius 1 is 0.944 bits per heavy atom. The van der Waals surface area contributed by atoms with E-state index in [0.29, 0.717) is 55.4 Å². The number of nitrogens with zero attached hydrogens (tertiary/aromatic N) is 6. The first-order valence-corrected chi connectivity index (χ1v) is 12.1. The molecule has 0 saturated carbocycles. The van der Waals surface area contributed by atoms with Crippen LogP contribution in [0.3, 0.4) is 0 Å². The molecule has 0 atom stereocenters. The Hall–Kier alpha value is -4.44. The van der Waals surface area contributed by atoms with Crippen LogP contribution in [-0.2, 0) is 6.54 Å². The van der Waals surface area contributed by atoms with Gasteiger partial charge in [-0.3, -0.25) is 9.48 Å². The Kier molecular flexibility index (Phi) is 6.50. The fraction of sp³-hybridized carbons (Fsp3) is 0.241. The molecular weight excluding hydrogens is 448 g/mol. The number of carbonyl (C=O) groups excluding carboxylic acids is 1. The highest BCUT2D eigenvalue weighted by atomic mass is 16.2. The summed E-state index contributed by atoms with van der Waals surface area (Å²) in [6.45, 7) is 7.05. The van der Waals surface area contributed by atoms with E-state index in [4.69, 9.17) is 5.10 Å². The number of nitriles is 1. The lowest BCUT2D eigenvalue weighted by Gasteiger charge is -2.35. The zero-order valence-electron chi connectivity index (χ0n) is 20.6. The van der Waals surface area contributed by atoms with E-state index in [1.54, 1.807) is 18.3 Å². The summed E-state index contributed by atoms with van der Waals surface area (Å²) in [7, 11) is 0. The molecule has 0 radical (unpaired) electrons. The molecule has 2 aromatic heterocycles. The number of carbonyl (C=O) groups is 1. The second-order valence-corrected chi connectivity index (χ2v) is 9.21. The van der Waals surface area contributed by atoms with Crippen LogP contribution in [0.4, 0.5) is 5.82 Å². The minimum Gasteiger partial charge on any atom is -0.352 e. The smallest absolute Gasteiger partial charge is 0.257 e. The highest BCUT2D eigenvalue weighted by Gasteiger charge is 2.27. The molecular formula is C29H28N6O. The van der Waals surface area contributed by atoms with Crippen LogP contribution in [0.2, 0.25) is 0 Å². The van der Waals surface area contributed by atoms with Gasteiger partial charge in [-0.25, -0.2) is 4.98 Å². The van der Waals surface area contributed by atoms with Gasteiger partial charge in [0.15, 0.2) is 0 Å². The molecule has 2 aromatic carbocycles. The van der Waals surface area contributed by atoms with Gasteiger partial charge in [-0.05, 0) is 31.5 Å². The number of rotatable bonds is 5. The first-order chi connectivity index (χ1) is 17.5. The Morgan fingerprint density at radius 3 is 2.28 bits per heavy atom. The molecule has 1 saturated heterocycles. The van der Waals surface area contributed by atoms with Crippen LogP contribution in [0.5, 0.6) is 0 Å². The number of amides is 1. The second-order valence-electron chi connectivity index (χ2n) is 9.21. The number of aryl methyl sites for hydroxylation is 2. The zero-order valence-corrected chi connectivity index (χ0v) is 20.6. The minimum atomic E-state index is -0.0260. The summed E-state index contributed by atoms with van der Waals surface area (Å²) in [5.74, 6) is 0.653. The van der Waals surface area contributed by atoms with Gasteiger partial charge in [-0.2, -0.15) is 10.4 Å². The van der Waals surface area contributed by atoms with E-state index in [2.05, 4.69) is 47.1 Å². The van der Waals surface area contributed by atoms with Crippen molar-refractivity contribution >= 4 is 11.7 Å². The number of hydrogen-bond donors (Lipinski definition) is 0. The van der Waals surface area contributed by atoms with Crippen molar-refractivity contribution < 1.29 is 4.79 Å². The van der Waals surface area contributed by atoms with Gasteiger partial charge in [0.2, 0.25) is 0 Å². The second kappa shape index (κ2) is 10.0. The van der Waals surface area contributed by atoms with Crippen LogP contribution in [0.15, 0.2) is 73.1 Å². The van der Waals surface area contributed by atoms with Crippen LogP contribution in [0.25, 0.3) is 11.3 Å². The molecule has 0 bridgehead atoms. The van der Waals surface area contributed by atoms with Gasteiger partial charge in [-0.15, -0.1) is 0 Å². The third kappa shape index (κ3) is 4.84. The number of benzene rings is 2. The number of anilines is 1. The lowest BCUT2D eigenvalue weighted by atomic mass is 10.1. The molecule has 7 nitrogen and oxygen atoms in total. The van der Waals surface area contributed by atoms with Crippen LogP contribution < -0.4 is 4.90 Å². The van der Waals surface area contributed by atoms with Crippen molar-refractivity contribution in [1.29, 1.82) is 5.26 Å². The predicted molar refractivity (Wildman–Crippen MR) is 140 cm³/mol. The van der Waals surface area contributed by atoms with Crippen molar-refractivity contribution in [3.8, 4) is 17.3 Å². The quantitative estimate of drug-likeness (QED) is 0.425. The molecule has 180 valence electrons. The SMILES string of the molecule is Cc1ccc(Cn2cc(C(=O)N3CCN(c4ncccc4C#N)CC3)c(-c3ccc(C)cc3)n2)cc1. The third-order valence-corrected chi connectivity index (χ3v) is 6.56. The normalized spacial score (nSPS) is 13.5. The van der Waals surface area contributed by atoms with E-state index in [1.165, 1.54) is 5.56 Å². The molecule has 0 aliphatic carbocycles. The number of pyridine rings is 1. The highest BCUT2D eigenvalue weighted by molar-refractivity contribution is 6.00. The van der Waals surface area contributed by atoms with Crippen molar-refractivity contribution in [2.75, 3.05) is 31.1 Å². The van der Waals surface area contributed by atoms with Crippen molar-refractivity contribution in [3.63, 3.8) is 0 Å². The Morgan fingerprint density at radius 2 is 1.61 bits per heavy atom. The van der Waals surface area contributed by atoms with Gasteiger partial charge < -0.3 is 9.80 Å². The third-order valence-electron chi connectivity index (χ3n) is 6.56. The fourth-order valence-electron chi connectivity index (χ4n) is 4.49. The largest absolute Gasteiger partial charge is 0.352 e. The Bertz CT molecular complexity index is 1410. The number of piperazine rings is 1. The molecule has 0 N–H and O–H groups in total. The summed E-state index contributed by atoms with van der Waals surface area (Å²) in [5.41, 5.74) is 6.29. The predicted octanol–water partition coefficient (Wildman–Crippen LogP) is 4.44. The molecule has 4 aromatic rings. The van der Waals surface area contributed by atoms with Crippen molar-refractivity contribution in [2.45, 2.75) is 20.4 Å². The average Bonchev–Trinajstić information content (AvgIpc) is 3.33. The molecule has 36 heavy (non-hydrogen) atoms. The van der Waals surface area contributed by atoms with Gasteiger partial charge in [0.1, 0.15) is 17.6 Å². The van der Waals surface area contributed by atoms with E-state index in [1.807, 2.05) is 47.0 Å². The van der Waals surface area contributed by atoms with Gasteiger partial charge in [0, 0.05) is 44.1 Å². The monoisotopic (exact) mass is 476 g/mol. The molecule has 1 fully saturated rings. The summed E-state index contributed by atoms with van der Waals surface area (Å²) < 4.78 is 1.86. The topological polar surface area (TPSA) is 78.0 Å². The van der Waals surface area contributed by atoms with Crippen LogP contribution in [0, 0.1) is 25.2 Å². The molecule has 5 rings (SSSR count). The van der Waals surface area contributed by atoms with Gasteiger partial charge in [-0.1, -0.05) is 59.7 Å². The van der Waals surface area contributed by atoms with Gasteiger partial charge >= 0.3 is 0 Å². The first-order valence-electron chi connectivity index (χ1n) is 12.1. The molecule has 1 aliphatic rings. The molecule has 7 heteroatoms. The van der Waals surface area contributed by atoms with Crippen LogP contribution in [0.1, 0.15) is 32.6 Å². The summed E-state index contributed by atoms with van der Waals surface area (Å²) in [6.07, 6.45) is 3.57. The van der Waals surface area contributed by atoms with E-state index in [9.17, 15) is 10.1 Å². The first kappa shape index (κ1) is 23.3. The Balaban J connectivity index is 1.39. The van der Waals surface area contributed by atoms with Crippen molar-refractivity contribution in [3.05, 3.63) is 101 Å². The number of hydrogen-bond acceptors (Lipinski definition) is 5. The minimum absolute atomic E-state index is 0.0260. The maximum atomic E-state index is 13.7. The Labute approximate surface area is 211 Å². The molecule has 0 unspecified atom stereocenters. The summed E-state index contributed by atoms with van der Waals surface area (Å²) in [6, 6.07) is 22.2. The van der Waals surface area contributed by atoms with Crippen LogP contribution >= 0.6 is 0 Å². The molecule has 3 heterocycles. The van der Waals surface area contributed by atoms with Crippen LogP contribution in [-0.4, -0.2) is 51.8 Å². The van der Waals surface area contributed by atoms with Gasteiger partial charge in [0.05, 0.1) is 17.7 Å². The number of aromatic nitrogens is 3. The standard InChI is InChI=1S/C29H28N6O/c1-21-5-9-23(10-6-21)19-35-20-26(27(32-35)24-11-7-22(2)8-12-24)29(36)34-16-14-33(15-17-34)28-25(18-30)4-3-13-31-28/h3-13,20H,14-17,19H2,1-2H3. The summed E-state index contributed by atoms with van der Waals surface area (Å²) >= 11 is 0. The van der Waals surface area contributed by atoms with E-state index < -0.39 is 0 Å². The fourth-order valence-corrected chi connectivity index (χ4v) is 4.49. The van der Waals surface area contributed by atoms with E-state index >= 15 is 0 Å². The van der Waals surface area contributed by atoms with Crippen molar-refractivity contribution in [2.24, 2.45) is 0 Å². The molecule has 1 aliphatic heterocycles. The highest BCUT2D eigenvalue weighted by Crippen LogP contribution is 2.26. The maximum Gasteiger partial charge on any atom is 0.257 e. The molecule has 1 amide bonds. The van der Waals surface area contributed by atoms with E-state index in [0.717, 1.165) is 16.7 Å². The zero-order chi connectivity index (χ0) is 25.1. The van der Waals surface area contributed by atoms with Gasteiger partial charge in [0.25, 0.3) is 5.91 Å². The lowest BCUT2D eigenvalue weighted by molar-refractivity contribution is 0.0747. The van der Waals surface area contributed by atoms with Crippen molar-refractivity contribution in [1.82, 2.24) is 19.7 Å². The summed E-state index contributed by atoms with van der Waals surface area (Å²) in [5, 5.41) is 14.3. The molecule has 0 spiro atoms. The van der Waals surface area contributed by atoms with E-state index in [-0.39, 0.29) is 5.91 Å². The average molecular weight is 477 g/mol.